The standard InChI is InChI=1S/C12H21NO2/c1-12(2,3)10-4-7-13(8-5-10)11(15)6-9-14/h4,14H,5-9H2,1-3H3. The van der Waals surface area contributed by atoms with Crippen molar-refractivity contribution in [3.8, 4) is 0 Å². The second-order valence-electron chi connectivity index (χ2n) is 5.04. The van der Waals surface area contributed by atoms with E-state index in [4.69, 9.17) is 5.11 Å². The van der Waals surface area contributed by atoms with E-state index in [0.29, 0.717) is 6.54 Å². The summed E-state index contributed by atoms with van der Waals surface area (Å²) in [6.45, 7) is 8.04. The van der Waals surface area contributed by atoms with Crippen LogP contribution in [-0.4, -0.2) is 35.6 Å². The van der Waals surface area contributed by atoms with Crippen LogP contribution in [-0.2, 0) is 4.79 Å². The Morgan fingerprint density at radius 2 is 2.20 bits per heavy atom. The largest absolute Gasteiger partial charge is 0.396 e. The van der Waals surface area contributed by atoms with Crippen LogP contribution < -0.4 is 0 Å². The molecule has 0 radical (unpaired) electrons. The number of carbonyl (C=O) groups is 1. The van der Waals surface area contributed by atoms with Gasteiger partial charge in [-0.05, 0) is 11.8 Å². The summed E-state index contributed by atoms with van der Waals surface area (Å²) in [7, 11) is 0. The number of nitrogens with zero attached hydrogens (tertiary/aromatic N) is 1. The monoisotopic (exact) mass is 211 g/mol. The van der Waals surface area contributed by atoms with Crippen molar-refractivity contribution >= 4 is 5.91 Å². The molecule has 3 heteroatoms. The molecule has 0 bridgehead atoms. The van der Waals surface area contributed by atoms with Crippen molar-refractivity contribution in [2.75, 3.05) is 19.7 Å². The highest BCUT2D eigenvalue weighted by atomic mass is 16.3. The number of hydrogen-bond donors (Lipinski definition) is 1. The van der Waals surface area contributed by atoms with Crippen LogP contribution in [0, 0.1) is 5.41 Å². The average Bonchev–Trinajstić information content (AvgIpc) is 2.17. The van der Waals surface area contributed by atoms with E-state index in [2.05, 4.69) is 26.8 Å². The molecule has 0 saturated heterocycles. The van der Waals surface area contributed by atoms with E-state index in [1.54, 1.807) is 0 Å². The first-order chi connectivity index (χ1) is 6.95. The summed E-state index contributed by atoms with van der Waals surface area (Å²) in [4.78, 5) is 13.3. The number of rotatable bonds is 2. The van der Waals surface area contributed by atoms with Gasteiger partial charge in [-0.25, -0.2) is 0 Å². The molecule has 1 aliphatic rings. The third-order valence-corrected chi connectivity index (χ3v) is 2.85. The first-order valence-corrected chi connectivity index (χ1v) is 5.53. The average molecular weight is 211 g/mol. The lowest BCUT2D eigenvalue weighted by Crippen LogP contribution is -2.36. The SMILES string of the molecule is CC(C)(C)C1=CCN(C(=O)CCO)CC1. The van der Waals surface area contributed by atoms with Gasteiger partial charge in [0.05, 0.1) is 6.61 Å². The van der Waals surface area contributed by atoms with Crippen LogP contribution in [0.25, 0.3) is 0 Å². The lowest BCUT2D eigenvalue weighted by Gasteiger charge is -2.32. The third kappa shape index (κ3) is 3.34. The van der Waals surface area contributed by atoms with Crippen LogP contribution in [0.1, 0.15) is 33.6 Å². The van der Waals surface area contributed by atoms with Crippen LogP contribution in [0.15, 0.2) is 11.6 Å². The molecule has 0 aromatic carbocycles. The van der Waals surface area contributed by atoms with Crippen LogP contribution >= 0.6 is 0 Å². The van der Waals surface area contributed by atoms with E-state index in [-0.39, 0.29) is 24.3 Å². The molecule has 86 valence electrons. The van der Waals surface area contributed by atoms with Crippen molar-refractivity contribution in [3.63, 3.8) is 0 Å². The van der Waals surface area contributed by atoms with Gasteiger partial charge in [0.2, 0.25) is 5.91 Å². The predicted octanol–water partition coefficient (Wildman–Crippen LogP) is 1.57. The molecular formula is C12H21NO2. The van der Waals surface area contributed by atoms with Crippen molar-refractivity contribution in [3.05, 3.63) is 11.6 Å². The maximum Gasteiger partial charge on any atom is 0.225 e. The normalized spacial score (nSPS) is 17.6. The van der Waals surface area contributed by atoms with Gasteiger partial charge in [0.25, 0.3) is 0 Å². The lowest BCUT2D eigenvalue weighted by molar-refractivity contribution is -0.131. The lowest BCUT2D eigenvalue weighted by atomic mass is 9.83. The molecule has 0 atom stereocenters. The van der Waals surface area contributed by atoms with Crippen LogP contribution in [0.3, 0.4) is 0 Å². The fourth-order valence-corrected chi connectivity index (χ4v) is 1.83. The Kier molecular flexibility index (Phi) is 3.91. The molecule has 0 unspecified atom stereocenters. The number of hydrogen-bond acceptors (Lipinski definition) is 2. The molecule has 1 heterocycles. The second-order valence-corrected chi connectivity index (χ2v) is 5.04. The Hall–Kier alpha value is -0.830. The van der Waals surface area contributed by atoms with E-state index in [1.807, 2.05) is 4.90 Å². The van der Waals surface area contributed by atoms with Gasteiger partial charge in [-0.15, -0.1) is 0 Å². The fourth-order valence-electron chi connectivity index (χ4n) is 1.83. The number of aliphatic hydroxyl groups excluding tert-OH is 1. The summed E-state index contributed by atoms with van der Waals surface area (Å²) in [6.07, 6.45) is 3.36. The van der Waals surface area contributed by atoms with Gasteiger partial charge in [0, 0.05) is 19.5 Å². The zero-order valence-corrected chi connectivity index (χ0v) is 9.92. The van der Waals surface area contributed by atoms with Crippen LogP contribution in [0.2, 0.25) is 0 Å². The number of amides is 1. The van der Waals surface area contributed by atoms with Gasteiger partial charge < -0.3 is 10.0 Å². The molecule has 1 aliphatic heterocycles. The van der Waals surface area contributed by atoms with Crippen LogP contribution in [0.5, 0.6) is 0 Å². The first kappa shape index (κ1) is 12.2. The molecule has 1 rings (SSSR count). The molecule has 0 spiro atoms. The number of aliphatic hydroxyl groups is 1. The van der Waals surface area contributed by atoms with E-state index < -0.39 is 0 Å². The van der Waals surface area contributed by atoms with Gasteiger partial charge in [-0.2, -0.15) is 0 Å². The Bertz CT molecular complexity index is 263. The van der Waals surface area contributed by atoms with Crippen molar-refractivity contribution in [2.45, 2.75) is 33.6 Å². The van der Waals surface area contributed by atoms with E-state index in [0.717, 1.165) is 13.0 Å². The molecule has 15 heavy (non-hydrogen) atoms. The molecule has 1 amide bonds. The first-order valence-electron chi connectivity index (χ1n) is 5.53. The van der Waals surface area contributed by atoms with Gasteiger partial charge in [-0.3, -0.25) is 4.79 Å². The zero-order valence-electron chi connectivity index (χ0n) is 9.92. The molecule has 3 nitrogen and oxygen atoms in total. The van der Waals surface area contributed by atoms with Crippen molar-refractivity contribution in [2.24, 2.45) is 5.41 Å². The second kappa shape index (κ2) is 4.79. The van der Waals surface area contributed by atoms with E-state index >= 15 is 0 Å². The van der Waals surface area contributed by atoms with E-state index in [9.17, 15) is 4.79 Å². The summed E-state index contributed by atoms with van der Waals surface area (Å²) in [5.74, 6) is 0.0571. The number of carbonyl (C=O) groups excluding carboxylic acids is 1. The minimum Gasteiger partial charge on any atom is -0.396 e. The smallest absolute Gasteiger partial charge is 0.225 e. The van der Waals surface area contributed by atoms with Gasteiger partial charge in [0.15, 0.2) is 0 Å². The Labute approximate surface area is 91.8 Å². The maximum atomic E-state index is 11.5. The fraction of sp³-hybridized carbons (Fsp3) is 0.750. The molecule has 0 aromatic rings. The Morgan fingerprint density at radius 3 is 2.60 bits per heavy atom. The Balaban J connectivity index is 2.54. The van der Waals surface area contributed by atoms with Crippen molar-refractivity contribution < 1.29 is 9.90 Å². The molecule has 0 aromatic heterocycles. The summed E-state index contributed by atoms with van der Waals surface area (Å²) >= 11 is 0. The van der Waals surface area contributed by atoms with Gasteiger partial charge in [-0.1, -0.05) is 32.4 Å². The quantitative estimate of drug-likeness (QED) is 0.704. The molecule has 0 saturated carbocycles. The molecule has 1 N–H and O–H groups in total. The topological polar surface area (TPSA) is 40.5 Å². The van der Waals surface area contributed by atoms with Crippen molar-refractivity contribution in [1.82, 2.24) is 4.90 Å². The third-order valence-electron chi connectivity index (χ3n) is 2.85. The summed E-state index contributed by atoms with van der Waals surface area (Å²) in [6, 6.07) is 0. The highest BCUT2D eigenvalue weighted by molar-refractivity contribution is 5.76. The summed E-state index contributed by atoms with van der Waals surface area (Å²) in [5, 5.41) is 8.69. The highest BCUT2D eigenvalue weighted by Gasteiger charge is 2.22. The van der Waals surface area contributed by atoms with Crippen molar-refractivity contribution in [1.29, 1.82) is 0 Å². The van der Waals surface area contributed by atoms with Crippen LogP contribution in [0.4, 0.5) is 0 Å². The minimum absolute atomic E-state index is 0.0504. The Morgan fingerprint density at radius 1 is 1.53 bits per heavy atom. The molecular weight excluding hydrogens is 190 g/mol. The summed E-state index contributed by atoms with van der Waals surface area (Å²) < 4.78 is 0. The maximum absolute atomic E-state index is 11.5. The highest BCUT2D eigenvalue weighted by Crippen LogP contribution is 2.30. The minimum atomic E-state index is -0.0504. The zero-order chi connectivity index (χ0) is 11.5. The predicted molar refractivity (Wildman–Crippen MR) is 60.4 cm³/mol. The van der Waals surface area contributed by atoms with Gasteiger partial charge >= 0.3 is 0 Å². The van der Waals surface area contributed by atoms with Gasteiger partial charge in [0.1, 0.15) is 0 Å². The van der Waals surface area contributed by atoms with E-state index in [1.165, 1.54) is 5.57 Å². The molecule has 0 fully saturated rings. The summed E-state index contributed by atoms with van der Waals surface area (Å²) in [5.41, 5.74) is 1.64. The molecule has 0 aliphatic carbocycles.